The van der Waals surface area contributed by atoms with Crippen molar-refractivity contribution in [2.75, 3.05) is 6.61 Å². The SMILES string of the molecule is CC1=C(C)[C@H](c2ccccc2)[C@H](C(=O)N2C(=O)OC[C@@H]2C(C)C)C1=O. The van der Waals surface area contributed by atoms with E-state index in [1.807, 2.05) is 51.1 Å². The molecule has 0 spiro atoms. The zero-order valence-corrected chi connectivity index (χ0v) is 15.0. The first-order valence-electron chi connectivity index (χ1n) is 8.61. The molecule has 1 aromatic rings. The summed E-state index contributed by atoms with van der Waals surface area (Å²) in [6.07, 6.45) is -0.648. The lowest BCUT2D eigenvalue weighted by Crippen LogP contribution is -2.47. The fraction of sp³-hybridized carbons (Fsp3) is 0.450. The molecule has 1 saturated heterocycles. The van der Waals surface area contributed by atoms with Gasteiger partial charge in [0.25, 0.3) is 0 Å². The van der Waals surface area contributed by atoms with Crippen molar-refractivity contribution < 1.29 is 19.1 Å². The van der Waals surface area contributed by atoms with Gasteiger partial charge >= 0.3 is 6.09 Å². The number of ether oxygens (including phenoxy) is 1. The summed E-state index contributed by atoms with van der Waals surface area (Å²) in [5, 5.41) is 0. The minimum absolute atomic E-state index is 0.0669. The quantitative estimate of drug-likeness (QED) is 0.791. The molecule has 0 N–H and O–H groups in total. The predicted molar refractivity (Wildman–Crippen MR) is 92.9 cm³/mol. The number of hydrogen-bond donors (Lipinski definition) is 0. The summed E-state index contributed by atoms with van der Waals surface area (Å²) in [4.78, 5) is 39.4. The van der Waals surface area contributed by atoms with Crippen LogP contribution in [-0.2, 0) is 14.3 Å². The van der Waals surface area contributed by atoms with Gasteiger partial charge in [0.05, 0.1) is 6.04 Å². The van der Waals surface area contributed by atoms with Crippen LogP contribution in [-0.4, -0.2) is 35.3 Å². The maximum atomic E-state index is 13.2. The monoisotopic (exact) mass is 341 g/mol. The largest absolute Gasteiger partial charge is 0.447 e. The summed E-state index contributed by atoms with van der Waals surface area (Å²) in [6, 6.07) is 9.19. The fourth-order valence-corrected chi connectivity index (χ4v) is 3.75. The van der Waals surface area contributed by atoms with Gasteiger partial charge in [0.1, 0.15) is 12.5 Å². The van der Waals surface area contributed by atoms with Crippen molar-refractivity contribution in [3.8, 4) is 0 Å². The Labute approximate surface area is 147 Å². The molecular weight excluding hydrogens is 318 g/mol. The Hall–Kier alpha value is -2.43. The summed E-state index contributed by atoms with van der Waals surface area (Å²) in [5.74, 6) is -1.80. The number of carbonyl (C=O) groups excluding carboxylic acids is 3. The second-order valence-corrected chi connectivity index (χ2v) is 7.13. The molecule has 0 saturated carbocycles. The number of nitrogens with zero attached hydrogens (tertiary/aromatic N) is 1. The van der Waals surface area contributed by atoms with E-state index in [1.54, 1.807) is 6.92 Å². The molecule has 132 valence electrons. The summed E-state index contributed by atoms with van der Waals surface area (Å²) >= 11 is 0. The molecule has 5 nitrogen and oxygen atoms in total. The maximum Gasteiger partial charge on any atom is 0.417 e. The summed E-state index contributed by atoms with van der Waals surface area (Å²) < 4.78 is 5.09. The maximum absolute atomic E-state index is 13.2. The van der Waals surface area contributed by atoms with Crippen LogP contribution in [0, 0.1) is 11.8 Å². The van der Waals surface area contributed by atoms with Crippen molar-refractivity contribution in [2.45, 2.75) is 39.7 Å². The van der Waals surface area contributed by atoms with Crippen molar-refractivity contribution in [2.24, 2.45) is 11.8 Å². The number of rotatable bonds is 3. The van der Waals surface area contributed by atoms with Crippen LogP contribution in [0.2, 0.25) is 0 Å². The molecule has 1 aliphatic carbocycles. The molecule has 2 amide bonds. The van der Waals surface area contributed by atoms with Gasteiger partial charge in [-0.05, 0) is 30.9 Å². The molecular formula is C20H23NO4. The number of amides is 2. The lowest BCUT2D eigenvalue weighted by Gasteiger charge is -2.28. The lowest BCUT2D eigenvalue weighted by molar-refractivity contribution is -0.138. The second kappa shape index (κ2) is 6.47. The van der Waals surface area contributed by atoms with Gasteiger partial charge in [-0.2, -0.15) is 0 Å². The first kappa shape index (κ1) is 17.4. The van der Waals surface area contributed by atoms with Gasteiger partial charge in [0, 0.05) is 5.92 Å². The van der Waals surface area contributed by atoms with E-state index >= 15 is 0 Å². The molecule has 0 bridgehead atoms. The van der Waals surface area contributed by atoms with Crippen LogP contribution < -0.4 is 0 Å². The van der Waals surface area contributed by atoms with Crippen LogP contribution >= 0.6 is 0 Å². The third kappa shape index (κ3) is 2.77. The third-order valence-electron chi connectivity index (χ3n) is 5.38. The van der Waals surface area contributed by atoms with E-state index in [9.17, 15) is 14.4 Å². The molecule has 1 aliphatic heterocycles. The normalized spacial score (nSPS) is 26.6. The minimum Gasteiger partial charge on any atom is -0.447 e. The van der Waals surface area contributed by atoms with E-state index in [2.05, 4.69) is 0 Å². The summed E-state index contributed by atoms with van der Waals surface area (Å²) in [7, 11) is 0. The number of ketones is 1. The van der Waals surface area contributed by atoms with E-state index in [0.29, 0.717) is 5.57 Å². The molecule has 0 aromatic heterocycles. The number of hydrogen-bond acceptors (Lipinski definition) is 4. The standard InChI is InChI=1S/C20H23NO4/c1-11(2)15-10-25-20(24)21(15)19(23)17-16(12(3)13(4)18(17)22)14-8-6-5-7-9-14/h5-9,11,15-17H,10H2,1-4H3/t15-,16-,17+/m1/s1. The van der Waals surface area contributed by atoms with Crippen LogP contribution in [0.1, 0.15) is 39.2 Å². The summed E-state index contributed by atoms with van der Waals surface area (Å²) in [6.45, 7) is 7.70. The molecule has 0 unspecified atom stereocenters. The smallest absolute Gasteiger partial charge is 0.417 e. The van der Waals surface area contributed by atoms with E-state index in [-0.39, 0.29) is 30.3 Å². The molecule has 5 heteroatoms. The third-order valence-corrected chi connectivity index (χ3v) is 5.38. The van der Waals surface area contributed by atoms with Gasteiger partial charge in [-0.15, -0.1) is 0 Å². The van der Waals surface area contributed by atoms with Crippen molar-refractivity contribution >= 4 is 17.8 Å². The zero-order chi connectivity index (χ0) is 18.3. The second-order valence-electron chi connectivity index (χ2n) is 7.13. The Bertz CT molecular complexity index is 750. The Morgan fingerprint density at radius 1 is 1.16 bits per heavy atom. The number of imide groups is 1. The summed E-state index contributed by atoms with van der Waals surface area (Å²) in [5.41, 5.74) is 2.42. The van der Waals surface area contributed by atoms with E-state index in [4.69, 9.17) is 4.74 Å². The Kier molecular flexibility index (Phi) is 4.50. The number of Topliss-reactive ketones (excluding diaryl/α,β-unsaturated/α-hetero) is 1. The van der Waals surface area contributed by atoms with Gasteiger partial charge in [-0.1, -0.05) is 49.8 Å². The highest BCUT2D eigenvalue weighted by Crippen LogP contribution is 2.43. The number of benzene rings is 1. The predicted octanol–water partition coefficient (Wildman–Crippen LogP) is 3.31. The van der Waals surface area contributed by atoms with Gasteiger partial charge in [0.2, 0.25) is 5.91 Å². The van der Waals surface area contributed by atoms with E-state index < -0.39 is 17.9 Å². The average molecular weight is 341 g/mol. The first-order chi connectivity index (χ1) is 11.8. The Balaban J connectivity index is 2.01. The topological polar surface area (TPSA) is 63.7 Å². The molecule has 2 aliphatic rings. The Morgan fingerprint density at radius 2 is 1.80 bits per heavy atom. The molecule has 1 aromatic carbocycles. The first-order valence-corrected chi connectivity index (χ1v) is 8.61. The lowest BCUT2D eigenvalue weighted by atomic mass is 9.83. The van der Waals surface area contributed by atoms with E-state index in [1.165, 1.54) is 0 Å². The van der Waals surface area contributed by atoms with Crippen LogP contribution in [0.4, 0.5) is 4.79 Å². The van der Waals surface area contributed by atoms with Crippen molar-refractivity contribution in [1.29, 1.82) is 0 Å². The average Bonchev–Trinajstić information content (AvgIpc) is 3.08. The molecule has 3 rings (SSSR count). The van der Waals surface area contributed by atoms with Crippen LogP contribution in [0.5, 0.6) is 0 Å². The van der Waals surface area contributed by atoms with E-state index in [0.717, 1.165) is 16.0 Å². The molecule has 1 heterocycles. The molecule has 0 radical (unpaired) electrons. The number of carbonyl (C=O) groups is 3. The highest BCUT2D eigenvalue weighted by Gasteiger charge is 2.50. The van der Waals surface area contributed by atoms with Crippen molar-refractivity contribution in [1.82, 2.24) is 4.90 Å². The zero-order valence-electron chi connectivity index (χ0n) is 15.0. The van der Waals surface area contributed by atoms with Crippen LogP contribution in [0.3, 0.4) is 0 Å². The van der Waals surface area contributed by atoms with Crippen LogP contribution in [0.25, 0.3) is 0 Å². The Morgan fingerprint density at radius 3 is 2.40 bits per heavy atom. The van der Waals surface area contributed by atoms with Crippen molar-refractivity contribution in [3.63, 3.8) is 0 Å². The number of allylic oxidation sites excluding steroid dienone is 2. The van der Waals surface area contributed by atoms with Gasteiger partial charge in [0.15, 0.2) is 5.78 Å². The number of cyclic esters (lactones) is 1. The fourth-order valence-electron chi connectivity index (χ4n) is 3.75. The van der Waals surface area contributed by atoms with Gasteiger partial charge in [-0.3, -0.25) is 9.59 Å². The highest BCUT2D eigenvalue weighted by molar-refractivity contribution is 6.16. The van der Waals surface area contributed by atoms with Gasteiger partial charge < -0.3 is 4.74 Å². The van der Waals surface area contributed by atoms with Crippen molar-refractivity contribution in [3.05, 3.63) is 47.0 Å². The molecule has 25 heavy (non-hydrogen) atoms. The van der Waals surface area contributed by atoms with Crippen LogP contribution in [0.15, 0.2) is 41.5 Å². The highest BCUT2D eigenvalue weighted by atomic mass is 16.6. The minimum atomic E-state index is -0.894. The molecule has 1 fully saturated rings. The van der Waals surface area contributed by atoms with Gasteiger partial charge in [-0.25, -0.2) is 9.69 Å². The molecule has 3 atom stereocenters.